The van der Waals surface area contributed by atoms with Gasteiger partial charge in [-0.05, 0) is 18.6 Å². The molecule has 0 aliphatic heterocycles. The van der Waals surface area contributed by atoms with E-state index in [-0.39, 0.29) is 18.2 Å². The molecule has 0 N–H and O–H groups in total. The lowest BCUT2D eigenvalue weighted by atomic mass is 9.97. The van der Waals surface area contributed by atoms with Crippen molar-refractivity contribution in [3.05, 3.63) is 65.2 Å². The number of para-hydroxylation sites is 1. The van der Waals surface area contributed by atoms with Crippen LogP contribution in [0.15, 0.2) is 48.5 Å². The minimum absolute atomic E-state index is 0.0555. The van der Waals surface area contributed by atoms with Crippen molar-refractivity contribution in [3.8, 4) is 0 Å². The average Bonchev–Trinajstić information content (AvgIpc) is 2.54. The van der Waals surface area contributed by atoms with Crippen molar-refractivity contribution in [2.75, 3.05) is 25.6 Å². The van der Waals surface area contributed by atoms with E-state index in [1.54, 1.807) is 31.2 Å². The molecule has 4 nitrogen and oxygen atoms in total. The molecule has 0 amide bonds. The molecule has 0 unspecified atom stereocenters. The van der Waals surface area contributed by atoms with Gasteiger partial charge in [-0.15, -0.1) is 0 Å². The summed E-state index contributed by atoms with van der Waals surface area (Å²) in [6.45, 7) is 2.12. The molecule has 2 rings (SSSR count). The van der Waals surface area contributed by atoms with Crippen LogP contribution < -0.4 is 4.90 Å². The summed E-state index contributed by atoms with van der Waals surface area (Å²) in [7, 11) is 3.73. The summed E-state index contributed by atoms with van der Waals surface area (Å²) >= 11 is 0. The zero-order valence-electron chi connectivity index (χ0n) is 13.7. The first-order chi connectivity index (χ1) is 11.0. The summed E-state index contributed by atoms with van der Waals surface area (Å²) in [5.41, 5.74) is 2.76. The highest BCUT2D eigenvalue weighted by molar-refractivity contribution is 6.12. The molecule has 0 saturated carbocycles. The van der Waals surface area contributed by atoms with Gasteiger partial charge in [0.2, 0.25) is 0 Å². The number of hydrogen-bond donors (Lipinski definition) is 0. The number of anilines is 1. The topological polar surface area (TPSA) is 46.6 Å². The van der Waals surface area contributed by atoms with Crippen molar-refractivity contribution in [1.29, 1.82) is 0 Å². The standard InChI is InChI=1S/C19H21NO3/c1-4-23-17(21)13-15-11-8-12-16(18(15)20(2)3)19(22)14-9-6-5-7-10-14/h5-12H,4,13H2,1-3H3. The third-order valence-electron chi connectivity index (χ3n) is 3.49. The number of ketones is 1. The number of hydrogen-bond acceptors (Lipinski definition) is 4. The molecule has 0 radical (unpaired) electrons. The summed E-state index contributed by atoms with van der Waals surface area (Å²) < 4.78 is 5.02. The Labute approximate surface area is 136 Å². The van der Waals surface area contributed by atoms with E-state index in [1.807, 2.05) is 43.3 Å². The minimum Gasteiger partial charge on any atom is -0.466 e. The second-order valence-electron chi connectivity index (χ2n) is 5.38. The lowest BCUT2D eigenvalue weighted by Crippen LogP contribution is -2.19. The molecular formula is C19H21NO3. The van der Waals surface area contributed by atoms with Gasteiger partial charge in [-0.3, -0.25) is 9.59 Å². The van der Waals surface area contributed by atoms with Gasteiger partial charge in [0.05, 0.1) is 18.7 Å². The molecule has 2 aromatic carbocycles. The Hall–Kier alpha value is -2.62. The summed E-state index contributed by atoms with van der Waals surface area (Å²) in [6, 6.07) is 14.6. The molecule has 0 aliphatic rings. The zero-order chi connectivity index (χ0) is 16.8. The number of esters is 1. The van der Waals surface area contributed by atoms with E-state index in [2.05, 4.69) is 0 Å². The molecule has 0 heterocycles. The smallest absolute Gasteiger partial charge is 0.310 e. The first-order valence-corrected chi connectivity index (χ1v) is 7.59. The van der Waals surface area contributed by atoms with Crippen LogP contribution in [0.25, 0.3) is 0 Å². The van der Waals surface area contributed by atoms with Crippen molar-refractivity contribution < 1.29 is 14.3 Å². The van der Waals surface area contributed by atoms with Crippen LogP contribution in [0.2, 0.25) is 0 Å². The number of carbonyl (C=O) groups is 2. The van der Waals surface area contributed by atoms with E-state index >= 15 is 0 Å². The van der Waals surface area contributed by atoms with E-state index in [4.69, 9.17) is 4.74 Å². The number of carbonyl (C=O) groups excluding carboxylic acids is 2. The molecule has 0 atom stereocenters. The quantitative estimate of drug-likeness (QED) is 0.607. The molecule has 0 spiro atoms. The first kappa shape index (κ1) is 16.7. The Morgan fingerprint density at radius 1 is 1.00 bits per heavy atom. The predicted molar refractivity (Wildman–Crippen MR) is 91.0 cm³/mol. The largest absolute Gasteiger partial charge is 0.466 e. The van der Waals surface area contributed by atoms with Gasteiger partial charge in [-0.1, -0.05) is 42.5 Å². The molecule has 0 bridgehead atoms. The Balaban J connectivity index is 2.44. The highest BCUT2D eigenvalue weighted by atomic mass is 16.5. The van der Waals surface area contributed by atoms with Gasteiger partial charge < -0.3 is 9.64 Å². The van der Waals surface area contributed by atoms with Gasteiger partial charge in [0.25, 0.3) is 0 Å². The maximum Gasteiger partial charge on any atom is 0.310 e. The van der Waals surface area contributed by atoms with Crippen LogP contribution in [0.5, 0.6) is 0 Å². The van der Waals surface area contributed by atoms with Gasteiger partial charge in [0.15, 0.2) is 5.78 Å². The maximum absolute atomic E-state index is 12.8. The second kappa shape index (κ2) is 7.58. The van der Waals surface area contributed by atoms with Gasteiger partial charge >= 0.3 is 5.97 Å². The van der Waals surface area contributed by atoms with Crippen LogP contribution >= 0.6 is 0 Å². The van der Waals surface area contributed by atoms with Crippen molar-refractivity contribution in [2.45, 2.75) is 13.3 Å². The summed E-state index contributed by atoms with van der Waals surface area (Å²) in [6.07, 6.45) is 0.150. The second-order valence-corrected chi connectivity index (χ2v) is 5.38. The van der Waals surface area contributed by atoms with Crippen molar-refractivity contribution >= 4 is 17.4 Å². The molecular weight excluding hydrogens is 290 g/mol. The summed E-state index contributed by atoms with van der Waals surface area (Å²) in [4.78, 5) is 26.5. The summed E-state index contributed by atoms with van der Waals surface area (Å²) in [5.74, 6) is -0.347. The van der Waals surface area contributed by atoms with E-state index in [9.17, 15) is 9.59 Å². The Bertz CT molecular complexity index is 693. The number of ether oxygens (including phenoxy) is 1. The van der Waals surface area contributed by atoms with E-state index < -0.39 is 0 Å². The van der Waals surface area contributed by atoms with Crippen molar-refractivity contribution in [3.63, 3.8) is 0 Å². The van der Waals surface area contributed by atoms with Gasteiger partial charge in [-0.2, -0.15) is 0 Å². The molecule has 120 valence electrons. The fourth-order valence-corrected chi connectivity index (χ4v) is 2.56. The molecule has 0 fully saturated rings. The van der Waals surface area contributed by atoms with Gasteiger partial charge in [0, 0.05) is 25.2 Å². The van der Waals surface area contributed by atoms with Gasteiger partial charge in [0.1, 0.15) is 0 Å². The van der Waals surface area contributed by atoms with Crippen LogP contribution in [0.3, 0.4) is 0 Å². The van der Waals surface area contributed by atoms with E-state index in [0.717, 1.165) is 11.3 Å². The van der Waals surface area contributed by atoms with Crippen molar-refractivity contribution in [1.82, 2.24) is 0 Å². The Morgan fingerprint density at radius 3 is 2.30 bits per heavy atom. The van der Waals surface area contributed by atoms with Crippen LogP contribution in [0.1, 0.15) is 28.4 Å². The van der Waals surface area contributed by atoms with Crippen LogP contribution in [-0.2, 0) is 16.0 Å². The lowest BCUT2D eigenvalue weighted by molar-refractivity contribution is -0.142. The predicted octanol–water partition coefficient (Wildman–Crippen LogP) is 3.09. The molecule has 4 heteroatoms. The SMILES string of the molecule is CCOC(=O)Cc1cccc(C(=O)c2ccccc2)c1N(C)C. The molecule has 0 aromatic heterocycles. The molecule has 0 aliphatic carbocycles. The molecule has 2 aromatic rings. The molecule has 23 heavy (non-hydrogen) atoms. The van der Waals surface area contributed by atoms with Crippen LogP contribution in [-0.4, -0.2) is 32.5 Å². The number of rotatable bonds is 6. The number of benzene rings is 2. The Kier molecular flexibility index (Phi) is 5.52. The summed E-state index contributed by atoms with van der Waals surface area (Å²) in [5, 5.41) is 0. The Morgan fingerprint density at radius 2 is 1.70 bits per heavy atom. The monoisotopic (exact) mass is 311 g/mol. The minimum atomic E-state index is -0.292. The fourth-order valence-electron chi connectivity index (χ4n) is 2.56. The normalized spacial score (nSPS) is 10.2. The lowest BCUT2D eigenvalue weighted by Gasteiger charge is -2.21. The highest BCUT2D eigenvalue weighted by Crippen LogP contribution is 2.27. The first-order valence-electron chi connectivity index (χ1n) is 7.59. The van der Waals surface area contributed by atoms with Crippen molar-refractivity contribution in [2.24, 2.45) is 0 Å². The zero-order valence-corrected chi connectivity index (χ0v) is 13.7. The van der Waals surface area contributed by atoms with Gasteiger partial charge in [-0.25, -0.2) is 0 Å². The third-order valence-corrected chi connectivity index (χ3v) is 3.49. The molecule has 0 saturated heterocycles. The maximum atomic E-state index is 12.8. The highest BCUT2D eigenvalue weighted by Gasteiger charge is 2.19. The average molecular weight is 311 g/mol. The van der Waals surface area contributed by atoms with E-state index in [0.29, 0.717) is 17.7 Å². The third kappa shape index (κ3) is 3.97. The van der Waals surface area contributed by atoms with Crippen LogP contribution in [0, 0.1) is 0 Å². The fraction of sp³-hybridized carbons (Fsp3) is 0.263. The number of nitrogens with zero attached hydrogens (tertiary/aromatic N) is 1. The van der Waals surface area contributed by atoms with E-state index in [1.165, 1.54) is 0 Å². The van der Waals surface area contributed by atoms with Crippen LogP contribution in [0.4, 0.5) is 5.69 Å².